The standard InChI is InChI=1S/C30H48ClFO2/c1-19(2)7-6-8-20(3)22-9-10-23-21-17-25-29(30(25,31)32)18-28(33-15-16-34-28)14-13-27(29,5)24(21)11-12-26(22,23)4/h19-25H,6-18H2,1-5H3. The first-order valence-corrected chi connectivity index (χ1v) is 15.0. The maximum atomic E-state index is 16.3. The molecule has 0 bridgehead atoms. The predicted octanol–water partition coefficient (Wildman–Crippen LogP) is 8.37. The maximum Gasteiger partial charge on any atom is 0.193 e. The molecular weight excluding hydrogens is 447 g/mol. The highest BCUT2D eigenvalue weighted by molar-refractivity contribution is 6.26. The summed E-state index contributed by atoms with van der Waals surface area (Å²) in [6.07, 6.45) is 13.0. The molecule has 6 fully saturated rings. The van der Waals surface area contributed by atoms with E-state index in [1.807, 2.05) is 0 Å². The third kappa shape index (κ3) is 3.05. The molecule has 0 radical (unpaired) electrons. The summed E-state index contributed by atoms with van der Waals surface area (Å²) in [5.41, 5.74) is -0.0519. The van der Waals surface area contributed by atoms with Crippen LogP contribution in [0.25, 0.3) is 0 Å². The molecule has 194 valence electrons. The highest BCUT2D eigenvalue weighted by atomic mass is 35.5. The van der Waals surface area contributed by atoms with Crippen molar-refractivity contribution in [2.45, 2.75) is 116 Å². The van der Waals surface area contributed by atoms with Crippen molar-refractivity contribution in [1.82, 2.24) is 0 Å². The Bertz CT molecular complexity index is 808. The second kappa shape index (κ2) is 7.83. The quantitative estimate of drug-likeness (QED) is 0.357. The molecule has 1 heterocycles. The van der Waals surface area contributed by atoms with Crippen LogP contribution < -0.4 is 0 Å². The molecule has 0 N–H and O–H groups in total. The zero-order chi connectivity index (χ0) is 24.1. The van der Waals surface area contributed by atoms with Crippen LogP contribution in [0.4, 0.5) is 4.39 Å². The normalized spacial score (nSPS) is 53.8. The second-order valence-corrected chi connectivity index (χ2v) is 15.0. The van der Waals surface area contributed by atoms with Gasteiger partial charge in [-0.3, -0.25) is 0 Å². The van der Waals surface area contributed by atoms with Crippen molar-refractivity contribution in [2.24, 2.45) is 57.7 Å². The lowest BCUT2D eigenvalue weighted by Gasteiger charge is -2.62. The van der Waals surface area contributed by atoms with Gasteiger partial charge in [-0.15, -0.1) is 0 Å². The molecule has 2 nitrogen and oxygen atoms in total. The van der Waals surface area contributed by atoms with Crippen LogP contribution >= 0.6 is 11.6 Å². The SMILES string of the molecule is CC(C)CCCC(C)C1CCC2C3CC4C(F)(Cl)C45CC4(CCC5(C)C3CCC12C)OCCO4. The molecule has 0 aromatic rings. The van der Waals surface area contributed by atoms with Crippen molar-refractivity contribution >= 4 is 11.6 Å². The molecule has 6 aliphatic rings. The second-order valence-electron chi connectivity index (χ2n) is 14.5. The summed E-state index contributed by atoms with van der Waals surface area (Å²) < 4.78 is 28.6. The number of halogens is 2. The molecular formula is C30H48ClFO2. The molecule has 6 rings (SSSR count). The molecule has 0 amide bonds. The van der Waals surface area contributed by atoms with Gasteiger partial charge in [-0.25, -0.2) is 4.39 Å². The number of hydrogen-bond acceptors (Lipinski definition) is 2. The Morgan fingerprint density at radius 1 is 0.941 bits per heavy atom. The Balaban J connectivity index is 1.25. The number of alkyl halides is 2. The van der Waals surface area contributed by atoms with Gasteiger partial charge in [0.1, 0.15) is 0 Å². The van der Waals surface area contributed by atoms with E-state index in [2.05, 4.69) is 34.6 Å². The van der Waals surface area contributed by atoms with Gasteiger partial charge in [0.05, 0.1) is 13.2 Å². The Morgan fingerprint density at radius 2 is 1.68 bits per heavy atom. The fraction of sp³-hybridized carbons (Fsp3) is 1.00. The van der Waals surface area contributed by atoms with E-state index < -0.39 is 16.3 Å². The summed E-state index contributed by atoms with van der Waals surface area (Å²) in [5, 5.41) is -1.58. The minimum absolute atomic E-state index is 0.0252. The largest absolute Gasteiger partial charge is 0.348 e. The first kappa shape index (κ1) is 24.5. The van der Waals surface area contributed by atoms with Crippen LogP contribution in [0.15, 0.2) is 0 Å². The van der Waals surface area contributed by atoms with Crippen molar-refractivity contribution in [3.05, 3.63) is 0 Å². The predicted molar refractivity (Wildman–Crippen MR) is 135 cm³/mol. The smallest absolute Gasteiger partial charge is 0.193 e. The fourth-order valence-electron chi connectivity index (χ4n) is 11.3. The van der Waals surface area contributed by atoms with Gasteiger partial charge in [0.25, 0.3) is 0 Å². The number of ether oxygens (including phenoxy) is 2. The Morgan fingerprint density at radius 3 is 2.38 bits per heavy atom. The first-order valence-electron chi connectivity index (χ1n) is 14.7. The van der Waals surface area contributed by atoms with Crippen LogP contribution in [0.2, 0.25) is 0 Å². The van der Waals surface area contributed by atoms with Gasteiger partial charge >= 0.3 is 0 Å². The van der Waals surface area contributed by atoms with Crippen LogP contribution in [0, 0.1) is 57.7 Å². The van der Waals surface area contributed by atoms with Crippen LogP contribution in [0.3, 0.4) is 0 Å². The van der Waals surface area contributed by atoms with E-state index >= 15 is 4.39 Å². The van der Waals surface area contributed by atoms with Crippen LogP contribution in [0.5, 0.6) is 0 Å². The number of rotatable bonds is 5. The van der Waals surface area contributed by atoms with Crippen molar-refractivity contribution in [1.29, 1.82) is 0 Å². The van der Waals surface area contributed by atoms with Crippen LogP contribution in [0.1, 0.15) is 105 Å². The summed E-state index contributed by atoms with van der Waals surface area (Å²) in [7, 11) is 0. The van der Waals surface area contributed by atoms with Crippen LogP contribution in [-0.2, 0) is 9.47 Å². The Labute approximate surface area is 212 Å². The van der Waals surface area contributed by atoms with Crippen molar-refractivity contribution < 1.29 is 13.9 Å². The number of fused-ring (bicyclic) bond motifs is 4. The van der Waals surface area contributed by atoms with Crippen molar-refractivity contribution in [2.75, 3.05) is 13.2 Å². The maximum absolute atomic E-state index is 16.3. The van der Waals surface area contributed by atoms with Crippen molar-refractivity contribution in [3.63, 3.8) is 0 Å². The van der Waals surface area contributed by atoms with E-state index in [0.717, 1.165) is 42.9 Å². The highest BCUT2D eigenvalue weighted by Crippen LogP contribution is 2.87. The molecule has 34 heavy (non-hydrogen) atoms. The van der Waals surface area contributed by atoms with E-state index in [1.165, 1.54) is 44.9 Å². The van der Waals surface area contributed by atoms with Gasteiger partial charge in [0.2, 0.25) is 0 Å². The van der Waals surface area contributed by atoms with Gasteiger partial charge < -0.3 is 9.47 Å². The van der Waals surface area contributed by atoms with Crippen LogP contribution in [-0.4, -0.2) is 24.1 Å². The third-order valence-corrected chi connectivity index (χ3v) is 13.5. The molecule has 0 aromatic heterocycles. The van der Waals surface area contributed by atoms with E-state index in [0.29, 0.717) is 36.9 Å². The zero-order valence-corrected chi connectivity index (χ0v) is 23.1. The molecule has 5 saturated carbocycles. The molecule has 4 heteroatoms. The average Bonchev–Trinajstić information content (AvgIpc) is 3.15. The molecule has 10 unspecified atom stereocenters. The lowest BCUT2D eigenvalue weighted by molar-refractivity contribution is -0.240. The van der Waals surface area contributed by atoms with Gasteiger partial charge in [-0.05, 0) is 84.9 Å². The summed E-state index contributed by atoms with van der Waals surface area (Å²) >= 11 is 6.86. The van der Waals surface area contributed by atoms with E-state index in [-0.39, 0.29) is 11.3 Å². The minimum Gasteiger partial charge on any atom is -0.348 e. The molecule has 1 aliphatic heterocycles. The van der Waals surface area contributed by atoms with E-state index in [9.17, 15) is 0 Å². The van der Waals surface area contributed by atoms with Gasteiger partial charge in [-0.2, -0.15) is 0 Å². The summed E-state index contributed by atoms with van der Waals surface area (Å²) in [6, 6.07) is 0. The molecule has 10 atom stereocenters. The van der Waals surface area contributed by atoms with Crippen molar-refractivity contribution in [3.8, 4) is 0 Å². The van der Waals surface area contributed by atoms with Gasteiger partial charge in [-0.1, -0.05) is 65.5 Å². The topological polar surface area (TPSA) is 18.5 Å². The summed E-state index contributed by atoms with van der Waals surface area (Å²) in [6.45, 7) is 13.6. The van der Waals surface area contributed by atoms with E-state index in [1.54, 1.807) is 0 Å². The molecule has 0 aromatic carbocycles. The zero-order valence-electron chi connectivity index (χ0n) is 22.3. The van der Waals surface area contributed by atoms with E-state index in [4.69, 9.17) is 21.1 Å². The Hall–Kier alpha value is 0.140. The third-order valence-electron chi connectivity index (χ3n) is 12.9. The highest BCUT2D eigenvalue weighted by Gasteiger charge is 2.89. The molecule has 5 aliphatic carbocycles. The lowest BCUT2D eigenvalue weighted by Crippen LogP contribution is -2.58. The monoisotopic (exact) mass is 494 g/mol. The molecule has 1 saturated heterocycles. The fourth-order valence-corrected chi connectivity index (χ4v) is 11.9. The number of hydrogen-bond donors (Lipinski definition) is 0. The van der Waals surface area contributed by atoms with Gasteiger partial charge in [0.15, 0.2) is 10.9 Å². The summed E-state index contributed by atoms with van der Waals surface area (Å²) in [4.78, 5) is 0. The Kier molecular flexibility index (Phi) is 5.63. The average molecular weight is 495 g/mol. The first-order chi connectivity index (χ1) is 16.0. The summed E-state index contributed by atoms with van der Waals surface area (Å²) in [5.74, 6) is 3.86. The van der Waals surface area contributed by atoms with Gasteiger partial charge in [0, 0.05) is 24.2 Å². The lowest BCUT2D eigenvalue weighted by atomic mass is 9.43. The molecule has 2 spiro atoms. The minimum atomic E-state index is -1.58.